The van der Waals surface area contributed by atoms with Gasteiger partial charge in [-0.3, -0.25) is 0 Å². The van der Waals surface area contributed by atoms with E-state index in [1.165, 1.54) is 0 Å². The number of hydrogen-bond acceptors (Lipinski definition) is 2. The maximum atomic E-state index is 5.59. The van der Waals surface area contributed by atoms with Gasteiger partial charge >= 0.3 is 0 Å². The van der Waals surface area contributed by atoms with E-state index in [1.54, 1.807) is 0 Å². The van der Waals surface area contributed by atoms with Crippen LogP contribution in [0.15, 0.2) is 23.4 Å². The van der Waals surface area contributed by atoms with Crippen molar-refractivity contribution in [2.24, 2.45) is 11.5 Å². The van der Waals surface area contributed by atoms with Crippen LogP contribution in [0.1, 0.15) is 13.3 Å². The second-order valence-electron chi connectivity index (χ2n) is 2.41. The van der Waals surface area contributed by atoms with Crippen LogP contribution in [0.4, 0.5) is 0 Å². The molecule has 0 aromatic heterocycles. The van der Waals surface area contributed by atoms with E-state index in [1.807, 2.05) is 13.0 Å². The maximum absolute atomic E-state index is 5.59. The third-order valence-corrected chi connectivity index (χ3v) is 1.55. The number of nitrogens with two attached hydrogens (primary N) is 2. The lowest BCUT2D eigenvalue weighted by atomic mass is 10.0. The zero-order valence-electron chi connectivity index (χ0n) is 5.59. The summed E-state index contributed by atoms with van der Waals surface area (Å²) in [5.41, 5.74) is 13.1. The summed E-state index contributed by atoms with van der Waals surface area (Å²) in [4.78, 5) is 0. The Hall–Kier alpha value is -0.760. The van der Waals surface area contributed by atoms with Gasteiger partial charge in [0.2, 0.25) is 0 Å². The van der Waals surface area contributed by atoms with Crippen molar-refractivity contribution in [3.05, 3.63) is 23.4 Å². The largest absolute Gasteiger partial charge is 0.399 e. The molecular formula is C7H12N2. The van der Waals surface area contributed by atoms with Crippen LogP contribution in [-0.4, -0.2) is 6.04 Å². The van der Waals surface area contributed by atoms with Crippen LogP contribution in [0, 0.1) is 0 Å². The van der Waals surface area contributed by atoms with Crippen LogP contribution in [-0.2, 0) is 0 Å². The van der Waals surface area contributed by atoms with Crippen LogP contribution in [0.2, 0.25) is 0 Å². The Morgan fingerprint density at radius 1 is 1.67 bits per heavy atom. The molecule has 0 heterocycles. The van der Waals surface area contributed by atoms with Gasteiger partial charge in [0, 0.05) is 11.7 Å². The second-order valence-corrected chi connectivity index (χ2v) is 2.41. The molecule has 0 radical (unpaired) electrons. The first-order chi connectivity index (χ1) is 4.20. The van der Waals surface area contributed by atoms with Crippen molar-refractivity contribution in [1.29, 1.82) is 0 Å². The molecule has 0 spiro atoms. The number of hydrogen-bond donors (Lipinski definition) is 2. The first-order valence-corrected chi connectivity index (χ1v) is 3.10. The highest BCUT2D eigenvalue weighted by atomic mass is 14.7. The molecule has 0 amide bonds. The van der Waals surface area contributed by atoms with Gasteiger partial charge in [-0.1, -0.05) is 6.08 Å². The summed E-state index contributed by atoms with van der Waals surface area (Å²) in [5, 5.41) is 0. The van der Waals surface area contributed by atoms with Crippen molar-refractivity contribution in [2.45, 2.75) is 19.4 Å². The van der Waals surface area contributed by atoms with Gasteiger partial charge in [-0.05, 0) is 25.0 Å². The Kier molecular flexibility index (Phi) is 1.58. The molecule has 0 aromatic rings. The third kappa shape index (κ3) is 1.33. The monoisotopic (exact) mass is 124 g/mol. The van der Waals surface area contributed by atoms with E-state index in [2.05, 4.69) is 6.08 Å². The van der Waals surface area contributed by atoms with Gasteiger partial charge in [0.05, 0.1) is 0 Å². The second kappa shape index (κ2) is 2.23. The van der Waals surface area contributed by atoms with Crippen molar-refractivity contribution in [1.82, 2.24) is 0 Å². The Labute approximate surface area is 55.2 Å². The van der Waals surface area contributed by atoms with E-state index in [-0.39, 0.29) is 6.04 Å². The Morgan fingerprint density at radius 2 is 2.33 bits per heavy atom. The predicted molar refractivity (Wildman–Crippen MR) is 38.6 cm³/mol. The van der Waals surface area contributed by atoms with E-state index >= 15 is 0 Å². The maximum Gasteiger partial charge on any atom is 0.0315 e. The Bertz CT molecular complexity index is 168. The fourth-order valence-corrected chi connectivity index (χ4v) is 0.861. The van der Waals surface area contributed by atoms with Crippen LogP contribution in [0.25, 0.3) is 0 Å². The average molecular weight is 124 g/mol. The molecule has 1 unspecified atom stereocenters. The summed E-state index contributed by atoms with van der Waals surface area (Å²) in [5.74, 6) is 0. The van der Waals surface area contributed by atoms with Gasteiger partial charge in [0.15, 0.2) is 0 Å². The number of allylic oxidation sites excluding steroid dienone is 1. The predicted octanol–water partition coefficient (Wildman–Crippen LogP) is 0.506. The van der Waals surface area contributed by atoms with Gasteiger partial charge in [-0.2, -0.15) is 0 Å². The molecule has 1 aliphatic rings. The van der Waals surface area contributed by atoms with Crippen LogP contribution in [0.5, 0.6) is 0 Å². The van der Waals surface area contributed by atoms with Crippen molar-refractivity contribution in [3.8, 4) is 0 Å². The molecule has 0 saturated carbocycles. The van der Waals surface area contributed by atoms with Crippen molar-refractivity contribution < 1.29 is 0 Å². The lowest BCUT2D eigenvalue weighted by Gasteiger charge is -2.12. The summed E-state index contributed by atoms with van der Waals surface area (Å²) >= 11 is 0. The molecule has 0 bridgehead atoms. The Morgan fingerprint density at radius 3 is 2.78 bits per heavy atom. The smallest absolute Gasteiger partial charge is 0.0315 e. The van der Waals surface area contributed by atoms with E-state index in [9.17, 15) is 0 Å². The van der Waals surface area contributed by atoms with Gasteiger partial charge in [0.25, 0.3) is 0 Å². The minimum atomic E-state index is 0.133. The normalized spacial score (nSPS) is 27.1. The molecule has 1 atom stereocenters. The van der Waals surface area contributed by atoms with E-state index in [0.29, 0.717) is 0 Å². The van der Waals surface area contributed by atoms with E-state index < -0.39 is 0 Å². The van der Waals surface area contributed by atoms with Gasteiger partial charge in [-0.25, -0.2) is 0 Å². The lowest BCUT2D eigenvalue weighted by Crippen LogP contribution is -2.21. The fourth-order valence-electron chi connectivity index (χ4n) is 0.861. The highest BCUT2D eigenvalue weighted by Crippen LogP contribution is 2.11. The van der Waals surface area contributed by atoms with Crippen LogP contribution < -0.4 is 11.5 Å². The number of rotatable bonds is 0. The van der Waals surface area contributed by atoms with E-state index in [4.69, 9.17) is 11.5 Å². The topological polar surface area (TPSA) is 52.0 Å². The SMILES string of the molecule is CC1=CCC(N)C=C1N. The molecule has 0 fully saturated rings. The first-order valence-electron chi connectivity index (χ1n) is 3.10. The minimum absolute atomic E-state index is 0.133. The van der Waals surface area contributed by atoms with Crippen LogP contribution >= 0.6 is 0 Å². The van der Waals surface area contributed by atoms with Crippen LogP contribution in [0.3, 0.4) is 0 Å². The summed E-state index contributed by atoms with van der Waals surface area (Å²) in [7, 11) is 0. The summed E-state index contributed by atoms with van der Waals surface area (Å²) in [6.07, 6.45) is 4.89. The molecule has 0 aromatic carbocycles. The third-order valence-electron chi connectivity index (χ3n) is 1.55. The lowest BCUT2D eigenvalue weighted by molar-refractivity contribution is 0.804. The molecule has 0 aliphatic heterocycles. The molecular weight excluding hydrogens is 112 g/mol. The Balaban J connectivity index is 2.75. The molecule has 9 heavy (non-hydrogen) atoms. The summed E-state index contributed by atoms with van der Waals surface area (Å²) < 4.78 is 0. The molecule has 2 nitrogen and oxygen atoms in total. The highest BCUT2D eigenvalue weighted by molar-refractivity contribution is 5.31. The zero-order chi connectivity index (χ0) is 6.85. The minimum Gasteiger partial charge on any atom is -0.399 e. The van der Waals surface area contributed by atoms with E-state index in [0.717, 1.165) is 17.7 Å². The fraction of sp³-hybridized carbons (Fsp3) is 0.429. The molecule has 0 saturated heterocycles. The molecule has 1 rings (SSSR count). The molecule has 1 aliphatic carbocycles. The highest BCUT2D eigenvalue weighted by Gasteiger charge is 2.04. The summed E-state index contributed by atoms with van der Waals surface area (Å²) in [6, 6.07) is 0.133. The van der Waals surface area contributed by atoms with Crippen molar-refractivity contribution in [2.75, 3.05) is 0 Å². The molecule has 2 heteroatoms. The quantitative estimate of drug-likeness (QED) is 0.494. The summed E-state index contributed by atoms with van der Waals surface area (Å²) in [6.45, 7) is 2.00. The van der Waals surface area contributed by atoms with Gasteiger partial charge in [0.1, 0.15) is 0 Å². The van der Waals surface area contributed by atoms with Crippen molar-refractivity contribution in [3.63, 3.8) is 0 Å². The molecule has 4 N–H and O–H groups in total. The molecule has 50 valence electrons. The average Bonchev–Trinajstić information content (AvgIpc) is 1.80. The standard InChI is InChI=1S/C7H12N2/c1-5-2-3-6(8)4-7(5)9/h2,4,6H,3,8-9H2,1H3. The first kappa shape index (κ1) is 6.36. The van der Waals surface area contributed by atoms with Gasteiger partial charge < -0.3 is 11.5 Å². The van der Waals surface area contributed by atoms with Gasteiger partial charge in [-0.15, -0.1) is 0 Å². The zero-order valence-corrected chi connectivity index (χ0v) is 5.59. The van der Waals surface area contributed by atoms with Crippen molar-refractivity contribution >= 4 is 0 Å².